The van der Waals surface area contributed by atoms with E-state index in [4.69, 9.17) is 17.4 Å². The van der Waals surface area contributed by atoms with E-state index in [9.17, 15) is 0 Å². The van der Waals surface area contributed by atoms with Crippen molar-refractivity contribution in [2.24, 2.45) is 5.84 Å². The van der Waals surface area contributed by atoms with Crippen LogP contribution in [0.15, 0.2) is 30.3 Å². The fraction of sp³-hybridized carbons (Fsp3) is 0.286. The van der Waals surface area contributed by atoms with Crippen LogP contribution in [-0.2, 0) is 6.42 Å². The lowest BCUT2D eigenvalue weighted by atomic mass is 10.0. The molecule has 2 rings (SSSR count). The highest BCUT2D eigenvalue weighted by atomic mass is 35.5. The van der Waals surface area contributed by atoms with E-state index in [-0.39, 0.29) is 6.04 Å². The van der Waals surface area contributed by atoms with Gasteiger partial charge in [0.25, 0.3) is 0 Å². The van der Waals surface area contributed by atoms with Crippen molar-refractivity contribution in [3.8, 4) is 0 Å². The van der Waals surface area contributed by atoms with Crippen molar-refractivity contribution in [2.75, 3.05) is 0 Å². The molecular formula is C14H17ClN2S. The zero-order valence-electron chi connectivity index (χ0n) is 10.5. The van der Waals surface area contributed by atoms with Crippen molar-refractivity contribution in [1.82, 2.24) is 5.43 Å². The first-order valence-corrected chi connectivity index (χ1v) is 7.16. The number of hydrazine groups is 1. The Balaban J connectivity index is 2.35. The first-order chi connectivity index (χ1) is 8.65. The fourth-order valence-electron chi connectivity index (χ4n) is 1.87. The Morgan fingerprint density at radius 2 is 2.11 bits per heavy atom. The largest absolute Gasteiger partial charge is 0.271 e. The van der Waals surface area contributed by atoms with Crippen LogP contribution in [-0.4, -0.2) is 0 Å². The quantitative estimate of drug-likeness (QED) is 0.660. The fourth-order valence-corrected chi connectivity index (χ4v) is 3.10. The van der Waals surface area contributed by atoms with E-state index in [2.05, 4.69) is 30.5 Å². The Kier molecular flexibility index (Phi) is 4.40. The zero-order valence-corrected chi connectivity index (χ0v) is 12.1. The molecule has 0 aliphatic heterocycles. The Bertz CT molecular complexity index is 536. The van der Waals surface area contributed by atoms with Gasteiger partial charge in [-0.1, -0.05) is 30.7 Å². The molecule has 0 bridgehead atoms. The van der Waals surface area contributed by atoms with Crippen molar-refractivity contribution >= 4 is 22.9 Å². The molecule has 1 aromatic heterocycles. The Morgan fingerprint density at radius 1 is 1.33 bits per heavy atom. The maximum Gasteiger partial charge on any atom is 0.0803 e. The van der Waals surface area contributed by atoms with E-state index in [1.807, 2.05) is 19.1 Å². The van der Waals surface area contributed by atoms with Crippen molar-refractivity contribution in [3.05, 3.63) is 56.2 Å². The number of thiophene rings is 1. The van der Waals surface area contributed by atoms with E-state index < -0.39 is 0 Å². The third-order valence-electron chi connectivity index (χ3n) is 3.01. The van der Waals surface area contributed by atoms with Gasteiger partial charge in [0.05, 0.1) is 6.04 Å². The normalized spacial score (nSPS) is 12.7. The van der Waals surface area contributed by atoms with Crippen LogP contribution in [0.4, 0.5) is 0 Å². The van der Waals surface area contributed by atoms with Gasteiger partial charge in [-0.25, -0.2) is 5.43 Å². The summed E-state index contributed by atoms with van der Waals surface area (Å²) in [5.41, 5.74) is 5.05. The first-order valence-electron chi connectivity index (χ1n) is 5.96. The van der Waals surface area contributed by atoms with Crippen LogP contribution >= 0.6 is 22.9 Å². The second-order valence-corrected chi connectivity index (χ2v) is 5.87. The van der Waals surface area contributed by atoms with Crippen LogP contribution in [0, 0.1) is 6.92 Å². The molecule has 0 fully saturated rings. The molecule has 0 radical (unpaired) electrons. The SMILES string of the molecule is CCc1ccc(C(NN)c2ccc(C)c(Cl)c2)s1. The number of hydrogen-bond donors (Lipinski definition) is 2. The molecular weight excluding hydrogens is 264 g/mol. The number of hydrogen-bond acceptors (Lipinski definition) is 3. The monoisotopic (exact) mass is 280 g/mol. The number of benzene rings is 1. The topological polar surface area (TPSA) is 38.0 Å². The van der Waals surface area contributed by atoms with Crippen LogP contribution in [0.1, 0.15) is 33.8 Å². The van der Waals surface area contributed by atoms with Gasteiger partial charge >= 0.3 is 0 Å². The van der Waals surface area contributed by atoms with E-state index in [0.717, 1.165) is 22.6 Å². The second kappa shape index (κ2) is 5.85. The average Bonchev–Trinajstić information content (AvgIpc) is 2.83. The molecule has 4 heteroatoms. The van der Waals surface area contributed by atoms with Gasteiger partial charge in [0.2, 0.25) is 0 Å². The summed E-state index contributed by atoms with van der Waals surface area (Å²) in [6.07, 6.45) is 1.05. The number of nitrogens with one attached hydrogen (secondary N) is 1. The van der Waals surface area contributed by atoms with Gasteiger partial charge in [0.15, 0.2) is 0 Å². The zero-order chi connectivity index (χ0) is 13.1. The summed E-state index contributed by atoms with van der Waals surface area (Å²) >= 11 is 7.95. The van der Waals surface area contributed by atoms with E-state index in [1.165, 1.54) is 9.75 Å². The summed E-state index contributed by atoms with van der Waals surface area (Å²) in [6.45, 7) is 4.15. The van der Waals surface area contributed by atoms with E-state index in [0.29, 0.717) is 0 Å². The Labute approximate surface area is 117 Å². The lowest BCUT2D eigenvalue weighted by Gasteiger charge is -2.15. The standard InChI is InChI=1S/C14H17ClN2S/c1-3-11-6-7-13(18-11)14(17-16)10-5-4-9(2)12(15)8-10/h4-8,14,17H,3,16H2,1-2H3. The molecule has 0 aliphatic rings. The minimum atomic E-state index is 0.00778. The molecule has 1 aromatic carbocycles. The van der Waals surface area contributed by atoms with E-state index >= 15 is 0 Å². The lowest BCUT2D eigenvalue weighted by Crippen LogP contribution is -2.28. The molecule has 1 heterocycles. The van der Waals surface area contributed by atoms with Crippen molar-refractivity contribution in [1.29, 1.82) is 0 Å². The first kappa shape index (κ1) is 13.6. The smallest absolute Gasteiger partial charge is 0.0803 e. The summed E-state index contributed by atoms with van der Waals surface area (Å²) in [6, 6.07) is 10.4. The summed E-state index contributed by atoms with van der Waals surface area (Å²) in [5.74, 6) is 5.69. The van der Waals surface area contributed by atoms with Crippen LogP contribution in [0.5, 0.6) is 0 Å². The second-order valence-electron chi connectivity index (χ2n) is 4.27. The highest BCUT2D eigenvalue weighted by Crippen LogP contribution is 2.30. The van der Waals surface area contributed by atoms with E-state index in [1.54, 1.807) is 11.3 Å². The number of aryl methyl sites for hydroxylation is 2. The van der Waals surface area contributed by atoms with Gasteiger partial charge in [-0.3, -0.25) is 5.84 Å². The molecule has 18 heavy (non-hydrogen) atoms. The maximum absolute atomic E-state index is 6.17. The summed E-state index contributed by atoms with van der Waals surface area (Å²) in [7, 11) is 0. The molecule has 1 unspecified atom stereocenters. The predicted molar refractivity (Wildman–Crippen MR) is 79.1 cm³/mol. The molecule has 96 valence electrons. The molecule has 0 aliphatic carbocycles. The van der Waals surface area contributed by atoms with Crippen LogP contribution in [0.2, 0.25) is 5.02 Å². The van der Waals surface area contributed by atoms with Gasteiger partial charge in [0, 0.05) is 14.8 Å². The highest BCUT2D eigenvalue weighted by molar-refractivity contribution is 7.12. The number of nitrogens with two attached hydrogens (primary N) is 1. The predicted octanol–water partition coefficient (Wildman–Crippen LogP) is 3.83. The van der Waals surface area contributed by atoms with Crippen LogP contribution < -0.4 is 11.3 Å². The highest BCUT2D eigenvalue weighted by Gasteiger charge is 2.15. The Morgan fingerprint density at radius 3 is 2.67 bits per heavy atom. The minimum absolute atomic E-state index is 0.00778. The van der Waals surface area contributed by atoms with Crippen molar-refractivity contribution < 1.29 is 0 Å². The molecule has 0 saturated carbocycles. The van der Waals surface area contributed by atoms with Crippen molar-refractivity contribution in [3.63, 3.8) is 0 Å². The Hall–Kier alpha value is -0.870. The number of rotatable bonds is 4. The lowest BCUT2D eigenvalue weighted by molar-refractivity contribution is 0.646. The maximum atomic E-state index is 6.17. The van der Waals surface area contributed by atoms with Gasteiger partial charge in [-0.2, -0.15) is 0 Å². The molecule has 0 amide bonds. The third kappa shape index (κ3) is 2.75. The van der Waals surface area contributed by atoms with Crippen LogP contribution in [0.3, 0.4) is 0 Å². The molecule has 0 spiro atoms. The number of halogens is 1. The minimum Gasteiger partial charge on any atom is -0.271 e. The van der Waals surface area contributed by atoms with Crippen LogP contribution in [0.25, 0.3) is 0 Å². The molecule has 1 atom stereocenters. The summed E-state index contributed by atoms with van der Waals surface area (Å²) in [5, 5.41) is 0.778. The van der Waals surface area contributed by atoms with Gasteiger partial charge in [0.1, 0.15) is 0 Å². The molecule has 2 nitrogen and oxygen atoms in total. The van der Waals surface area contributed by atoms with Gasteiger partial charge < -0.3 is 0 Å². The van der Waals surface area contributed by atoms with Crippen molar-refractivity contribution in [2.45, 2.75) is 26.3 Å². The molecule has 3 N–H and O–H groups in total. The summed E-state index contributed by atoms with van der Waals surface area (Å²) in [4.78, 5) is 2.58. The average molecular weight is 281 g/mol. The summed E-state index contributed by atoms with van der Waals surface area (Å²) < 4.78 is 0. The molecule has 0 saturated heterocycles. The van der Waals surface area contributed by atoms with Gasteiger partial charge in [-0.15, -0.1) is 11.3 Å². The third-order valence-corrected chi connectivity index (χ3v) is 4.71. The van der Waals surface area contributed by atoms with Gasteiger partial charge in [-0.05, 0) is 42.7 Å². The molecule has 2 aromatic rings.